The van der Waals surface area contributed by atoms with Crippen LogP contribution in [0.2, 0.25) is 0 Å². The van der Waals surface area contributed by atoms with Gasteiger partial charge in [0, 0.05) is 19.3 Å². The number of rotatable bonds is 1. The highest BCUT2D eigenvalue weighted by Gasteiger charge is 2.41. The molecular formula is C12H13F2N3O2. The van der Waals surface area contributed by atoms with Gasteiger partial charge in [-0.05, 0) is 19.9 Å². The van der Waals surface area contributed by atoms with Crippen molar-refractivity contribution in [2.75, 3.05) is 13.1 Å². The van der Waals surface area contributed by atoms with E-state index in [2.05, 4.69) is 10.3 Å². The molecular weight excluding hydrogens is 256 g/mol. The van der Waals surface area contributed by atoms with Gasteiger partial charge in [0.1, 0.15) is 5.54 Å². The maximum absolute atomic E-state index is 13.6. The third-order valence-corrected chi connectivity index (χ3v) is 3.17. The summed E-state index contributed by atoms with van der Waals surface area (Å²) in [5, 5.41) is 2.62. The molecule has 1 fully saturated rings. The van der Waals surface area contributed by atoms with Crippen LogP contribution in [0.25, 0.3) is 0 Å². The summed E-state index contributed by atoms with van der Waals surface area (Å²) in [4.78, 5) is 28.3. The second kappa shape index (κ2) is 4.56. The van der Waals surface area contributed by atoms with E-state index in [4.69, 9.17) is 0 Å². The molecule has 2 amide bonds. The molecule has 0 radical (unpaired) electrons. The van der Waals surface area contributed by atoms with Crippen LogP contribution in [0.15, 0.2) is 12.3 Å². The Morgan fingerprint density at radius 3 is 2.84 bits per heavy atom. The largest absolute Gasteiger partial charge is 0.352 e. The summed E-state index contributed by atoms with van der Waals surface area (Å²) in [5.41, 5.74) is -1.53. The number of amides is 2. The average molecular weight is 269 g/mol. The number of carbonyl (C=O) groups is 2. The van der Waals surface area contributed by atoms with Gasteiger partial charge in [0.25, 0.3) is 5.91 Å². The van der Waals surface area contributed by atoms with Crippen LogP contribution in [0.4, 0.5) is 8.78 Å². The van der Waals surface area contributed by atoms with E-state index in [-0.39, 0.29) is 19.0 Å². The fraction of sp³-hybridized carbons (Fsp3) is 0.417. The van der Waals surface area contributed by atoms with Gasteiger partial charge in [0.15, 0.2) is 5.82 Å². The number of pyridine rings is 1. The summed E-state index contributed by atoms with van der Waals surface area (Å²) in [6.45, 7) is 3.62. The van der Waals surface area contributed by atoms with Crippen LogP contribution in [0.1, 0.15) is 24.2 Å². The number of aromatic nitrogens is 1. The number of piperazine rings is 1. The van der Waals surface area contributed by atoms with E-state index in [0.29, 0.717) is 0 Å². The maximum atomic E-state index is 13.6. The Hall–Kier alpha value is -2.05. The third-order valence-electron chi connectivity index (χ3n) is 3.17. The molecule has 1 aromatic heterocycles. The van der Waals surface area contributed by atoms with Gasteiger partial charge in [0.05, 0.1) is 5.56 Å². The van der Waals surface area contributed by atoms with Crippen LogP contribution in [-0.4, -0.2) is 40.3 Å². The Morgan fingerprint density at radius 1 is 1.47 bits per heavy atom. The summed E-state index contributed by atoms with van der Waals surface area (Å²) in [7, 11) is 0. The number of nitrogens with one attached hydrogen (secondary N) is 1. The van der Waals surface area contributed by atoms with E-state index in [0.717, 1.165) is 12.3 Å². The van der Waals surface area contributed by atoms with Crippen molar-refractivity contribution in [1.29, 1.82) is 0 Å². The molecule has 7 heteroatoms. The van der Waals surface area contributed by atoms with Crippen molar-refractivity contribution in [2.45, 2.75) is 19.4 Å². The summed E-state index contributed by atoms with van der Waals surface area (Å²) < 4.78 is 26.6. The first kappa shape index (κ1) is 13.4. The Balaban J connectivity index is 2.38. The molecule has 0 aromatic carbocycles. The molecule has 0 unspecified atom stereocenters. The van der Waals surface area contributed by atoms with Gasteiger partial charge in [-0.15, -0.1) is 0 Å². The number of hydrogen-bond donors (Lipinski definition) is 1. The molecule has 2 rings (SSSR count). The molecule has 19 heavy (non-hydrogen) atoms. The lowest BCUT2D eigenvalue weighted by atomic mass is 9.97. The molecule has 1 aliphatic rings. The quantitative estimate of drug-likeness (QED) is 0.764. The lowest BCUT2D eigenvalue weighted by molar-refractivity contribution is -0.133. The molecule has 1 aliphatic heterocycles. The van der Waals surface area contributed by atoms with Crippen LogP contribution >= 0.6 is 0 Å². The minimum atomic E-state index is -1.33. The molecule has 0 aliphatic carbocycles. The predicted molar refractivity (Wildman–Crippen MR) is 62.3 cm³/mol. The Morgan fingerprint density at radius 2 is 2.16 bits per heavy atom. The molecule has 5 nitrogen and oxygen atoms in total. The number of hydrogen-bond acceptors (Lipinski definition) is 3. The first-order valence-electron chi connectivity index (χ1n) is 5.76. The van der Waals surface area contributed by atoms with Gasteiger partial charge in [-0.25, -0.2) is 9.37 Å². The molecule has 1 N–H and O–H groups in total. The Kier molecular flexibility index (Phi) is 3.21. The zero-order valence-corrected chi connectivity index (χ0v) is 10.5. The fourth-order valence-corrected chi connectivity index (χ4v) is 1.98. The molecule has 1 aromatic rings. The predicted octanol–water partition coefficient (Wildman–Crippen LogP) is 0.710. The molecule has 2 heterocycles. The Labute approximate surface area is 108 Å². The third kappa shape index (κ3) is 2.16. The molecule has 102 valence electrons. The van der Waals surface area contributed by atoms with Crippen LogP contribution in [0, 0.1) is 11.8 Å². The van der Waals surface area contributed by atoms with Crippen molar-refractivity contribution in [3.05, 3.63) is 29.6 Å². The average Bonchev–Trinajstić information content (AvgIpc) is 2.35. The van der Waals surface area contributed by atoms with Crippen LogP contribution in [0.3, 0.4) is 0 Å². The second-order valence-electron chi connectivity index (χ2n) is 4.74. The summed E-state index contributed by atoms with van der Waals surface area (Å²) in [5.74, 6) is -3.68. The van der Waals surface area contributed by atoms with Gasteiger partial charge in [-0.1, -0.05) is 0 Å². The number of carbonyl (C=O) groups excluding carboxylic acids is 2. The van der Waals surface area contributed by atoms with E-state index in [1.54, 1.807) is 13.8 Å². The van der Waals surface area contributed by atoms with Crippen molar-refractivity contribution in [3.63, 3.8) is 0 Å². The zero-order chi connectivity index (χ0) is 14.2. The summed E-state index contributed by atoms with van der Waals surface area (Å²) in [6.07, 6.45) is 1.02. The van der Waals surface area contributed by atoms with E-state index in [1.165, 1.54) is 4.90 Å². The first-order chi connectivity index (χ1) is 8.85. The smallest absolute Gasteiger partial charge is 0.258 e. The van der Waals surface area contributed by atoms with E-state index in [1.807, 2.05) is 0 Å². The van der Waals surface area contributed by atoms with Crippen LogP contribution in [0.5, 0.6) is 0 Å². The molecule has 0 spiro atoms. The van der Waals surface area contributed by atoms with Gasteiger partial charge < -0.3 is 10.2 Å². The molecule has 0 bridgehead atoms. The molecule has 0 atom stereocenters. The highest BCUT2D eigenvalue weighted by molar-refractivity contribution is 5.99. The molecule has 0 saturated carbocycles. The van der Waals surface area contributed by atoms with Crippen molar-refractivity contribution >= 4 is 11.8 Å². The lowest BCUT2D eigenvalue weighted by Crippen LogP contribution is -2.63. The number of nitrogens with zero attached hydrogens (tertiary/aromatic N) is 2. The first-order valence-corrected chi connectivity index (χ1v) is 5.76. The minimum Gasteiger partial charge on any atom is -0.352 e. The van der Waals surface area contributed by atoms with Crippen molar-refractivity contribution in [3.8, 4) is 0 Å². The van der Waals surface area contributed by atoms with Crippen LogP contribution in [-0.2, 0) is 4.79 Å². The van der Waals surface area contributed by atoms with Crippen molar-refractivity contribution in [2.24, 2.45) is 0 Å². The maximum Gasteiger partial charge on any atom is 0.258 e. The standard InChI is InChI=1S/C12H13F2N3O2/c1-12(2)11(19)16-5-6-17(12)10(18)7-3-4-15-9(14)8(7)13/h3-4H,5-6H2,1-2H3,(H,16,19). The van der Waals surface area contributed by atoms with E-state index in [9.17, 15) is 18.4 Å². The SMILES string of the molecule is CC1(C)C(=O)NCCN1C(=O)c1ccnc(F)c1F. The minimum absolute atomic E-state index is 0.237. The van der Waals surface area contributed by atoms with Crippen molar-refractivity contribution < 1.29 is 18.4 Å². The lowest BCUT2D eigenvalue weighted by Gasteiger charge is -2.41. The van der Waals surface area contributed by atoms with Gasteiger partial charge in [-0.2, -0.15) is 4.39 Å². The summed E-state index contributed by atoms with van der Waals surface area (Å²) in [6, 6.07) is 1.10. The zero-order valence-electron chi connectivity index (χ0n) is 10.5. The normalized spacial score (nSPS) is 18.1. The van der Waals surface area contributed by atoms with Gasteiger partial charge in [-0.3, -0.25) is 9.59 Å². The van der Waals surface area contributed by atoms with Crippen LogP contribution < -0.4 is 5.32 Å². The van der Waals surface area contributed by atoms with E-state index >= 15 is 0 Å². The fourth-order valence-electron chi connectivity index (χ4n) is 1.98. The highest BCUT2D eigenvalue weighted by atomic mass is 19.2. The molecule has 1 saturated heterocycles. The summed E-state index contributed by atoms with van der Waals surface area (Å²) >= 11 is 0. The van der Waals surface area contributed by atoms with Crippen molar-refractivity contribution in [1.82, 2.24) is 15.2 Å². The topological polar surface area (TPSA) is 62.3 Å². The van der Waals surface area contributed by atoms with E-state index < -0.39 is 28.8 Å². The Bertz CT molecular complexity index is 546. The van der Waals surface area contributed by atoms with Gasteiger partial charge in [0.2, 0.25) is 11.9 Å². The highest BCUT2D eigenvalue weighted by Crippen LogP contribution is 2.22. The second-order valence-corrected chi connectivity index (χ2v) is 4.74. The number of halogens is 2. The monoisotopic (exact) mass is 269 g/mol. The van der Waals surface area contributed by atoms with Gasteiger partial charge >= 0.3 is 0 Å².